The molecule has 0 aromatic rings. The van der Waals surface area contributed by atoms with Gasteiger partial charge in [-0.3, -0.25) is 0 Å². The van der Waals surface area contributed by atoms with Gasteiger partial charge in [0.25, 0.3) is 0 Å². The summed E-state index contributed by atoms with van der Waals surface area (Å²) in [7, 11) is 1.76. The van der Waals surface area contributed by atoms with Crippen molar-refractivity contribution in [3.05, 3.63) is 32.1 Å². The quantitative estimate of drug-likeness (QED) is 0.587. The molecule has 5 radical (unpaired) electrons. The minimum absolute atomic E-state index is 0.598. The third kappa shape index (κ3) is 3.76. The van der Waals surface area contributed by atoms with E-state index < -0.39 is 0 Å². The summed E-state index contributed by atoms with van der Waals surface area (Å²) in [6, 6.07) is 0. The van der Waals surface area contributed by atoms with Gasteiger partial charge in [0.15, 0.2) is 0 Å². The number of ether oxygens (including phenoxy) is 1. The van der Waals surface area contributed by atoms with E-state index in [4.69, 9.17) is 4.74 Å². The van der Waals surface area contributed by atoms with Crippen molar-refractivity contribution in [2.75, 3.05) is 13.7 Å². The molecular formula is C10H15O. The first kappa shape index (κ1) is 9.05. The van der Waals surface area contributed by atoms with E-state index in [1.165, 1.54) is 6.42 Å². The molecule has 0 aromatic heterocycles. The largest absolute Gasteiger partial charge is 0.384 e. The molecule has 1 unspecified atom stereocenters. The zero-order valence-corrected chi connectivity index (χ0v) is 6.99. The van der Waals surface area contributed by atoms with Crippen molar-refractivity contribution in [3.8, 4) is 0 Å². The molecule has 11 heavy (non-hydrogen) atoms. The van der Waals surface area contributed by atoms with Crippen molar-refractivity contribution in [1.29, 1.82) is 0 Å². The van der Waals surface area contributed by atoms with Crippen molar-refractivity contribution < 1.29 is 4.74 Å². The maximum absolute atomic E-state index is 5.09. The first-order valence-electron chi connectivity index (χ1n) is 4.09. The summed E-state index contributed by atoms with van der Waals surface area (Å²) in [5.41, 5.74) is 0. The molecule has 1 aliphatic rings. The zero-order chi connectivity index (χ0) is 7.94. The van der Waals surface area contributed by atoms with E-state index in [0.717, 1.165) is 13.0 Å². The second-order valence-corrected chi connectivity index (χ2v) is 2.80. The molecule has 0 aromatic carbocycles. The molecule has 1 saturated carbocycles. The molecule has 61 valence electrons. The van der Waals surface area contributed by atoms with Crippen LogP contribution in [0.1, 0.15) is 12.8 Å². The van der Waals surface area contributed by atoms with Gasteiger partial charge >= 0.3 is 0 Å². The van der Waals surface area contributed by atoms with E-state index in [1.54, 1.807) is 7.11 Å². The maximum atomic E-state index is 5.09. The lowest BCUT2D eigenvalue weighted by atomic mass is 9.92. The molecule has 0 amide bonds. The Morgan fingerprint density at radius 1 is 1.36 bits per heavy atom. The van der Waals surface area contributed by atoms with Crippen molar-refractivity contribution >= 4 is 0 Å². The van der Waals surface area contributed by atoms with E-state index in [2.05, 4.69) is 32.1 Å². The molecule has 0 N–H and O–H groups in total. The van der Waals surface area contributed by atoms with Gasteiger partial charge in [0.1, 0.15) is 0 Å². The second kappa shape index (κ2) is 5.59. The molecular weight excluding hydrogens is 136 g/mol. The predicted molar refractivity (Wildman–Crippen MR) is 46.1 cm³/mol. The summed E-state index contributed by atoms with van der Waals surface area (Å²) in [5, 5.41) is 0. The van der Waals surface area contributed by atoms with Gasteiger partial charge in [-0.15, -0.1) is 0 Å². The van der Waals surface area contributed by atoms with Crippen LogP contribution in [-0.2, 0) is 4.74 Å². The first-order chi connectivity index (χ1) is 5.43. The molecule has 1 fully saturated rings. The van der Waals surface area contributed by atoms with E-state index >= 15 is 0 Å². The highest BCUT2D eigenvalue weighted by molar-refractivity contribution is 5.12. The van der Waals surface area contributed by atoms with Gasteiger partial charge in [-0.1, -0.05) is 0 Å². The van der Waals surface area contributed by atoms with Crippen LogP contribution < -0.4 is 0 Å². The number of methoxy groups -OCH3 is 1. The van der Waals surface area contributed by atoms with Crippen LogP contribution in [0.5, 0.6) is 0 Å². The number of hydrogen-bond donors (Lipinski definition) is 0. The van der Waals surface area contributed by atoms with Gasteiger partial charge < -0.3 is 4.74 Å². The highest BCUT2D eigenvalue weighted by atomic mass is 16.5. The summed E-state index contributed by atoms with van der Waals surface area (Å²) in [6.07, 6.45) is 13.0. The predicted octanol–water partition coefficient (Wildman–Crippen LogP) is 2.06. The van der Waals surface area contributed by atoms with Crippen LogP contribution in [0.3, 0.4) is 0 Å². The average molecular weight is 151 g/mol. The van der Waals surface area contributed by atoms with Crippen LogP contribution in [0.2, 0.25) is 0 Å². The topological polar surface area (TPSA) is 9.23 Å². The lowest BCUT2D eigenvalue weighted by Crippen LogP contribution is -2.11. The van der Waals surface area contributed by atoms with Gasteiger partial charge in [0.2, 0.25) is 0 Å². The Morgan fingerprint density at radius 2 is 2.27 bits per heavy atom. The van der Waals surface area contributed by atoms with Crippen molar-refractivity contribution in [1.82, 2.24) is 0 Å². The molecule has 1 nitrogen and oxygen atoms in total. The SMILES string of the molecule is COCC1[CH][CH][CH][CH][CH]CC1. The fourth-order valence-corrected chi connectivity index (χ4v) is 1.22. The lowest BCUT2D eigenvalue weighted by Gasteiger charge is -2.17. The molecule has 1 rings (SSSR count). The molecule has 1 aliphatic carbocycles. The van der Waals surface area contributed by atoms with Crippen LogP contribution in [0.4, 0.5) is 0 Å². The third-order valence-corrected chi connectivity index (χ3v) is 1.83. The van der Waals surface area contributed by atoms with Gasteiger partial charge in [-0.2, -0.15) is 0 Å². The summed E-state index contributed by atoms with van der Waals surface area (Å²) >= 11 is 0. The Bertz CT molecular complexity index is 82.9. The highest BCUT2D eigenvalue weighted by Gasteiger charge is 2.10. The van der Waals surface area contributed by atoms with E-state index in [0.29, 0.717) is 5.92 Å². The molecule has 0 spiro atoms. The molecule has 0 saturated heterocycles. The minimum Gasteiger partial charge on any atom is -0.384 e. The Kier molecular flexibility index (Phi) is 4.60. The fraction of sp³-hybridized carbons (Fsp3) is 0.500. The third-order valence-electron chi connectivity index (χ3n) is 1.83. The minimum atomic E-state index is 0.598. The summed E-state index contributed by atoms with van der Waals surface area (Å²) in [6.45, 7) is 0.845. The zero-order valence-electron chi connectivity index (χ0n) is 6.99. The monoisotopic (exact) mass is 151 g/mol. The van der Waals surface area contributed by atoms with E-state index in [1.807, 2.05) is 0 Å². The van der Waals surface area contributed by atoms with Gasteiger partial charge in [-0.05, 0) is 50.9 Å². The Labute approximate surface area is 70.1 Å². The first-order valence-corrected chi connectivity index (χ1v) is 4.09. The number of hydrogen-bond acceptors (Lipinski definition) is 1. The van der Waals surface area contributed by atoms with E-state index in [9.17, 15) is 0 Å². The average Bonchev–Trinajstić information content (AvgIpc) is 1.94. The summed E-state index contributed by atoms with van der Waals surface area (Å²) in [5.74, 6) is 0.598. The Hall–Kier alpha value is -0.0400. The summed E-state index contributed by atoms with van der Waals surface area (Å²) in [4.78, 5) is 0. The van der Waals surface area contributed by atoms with E-state index in [-0.39, 0.29) is 0 Å². The van der Waals surface area contributed by atoms with Crippen LogP contribution >= 0.6 is 0 Å². The van der Waals surface area contributed by atoms with Crippen LogP contribution in [-0.4, -0.2) is 13.7 Å². The molecule has 1 heteroatoms. The fourth-order valence-electron chi connectivity index (χ4n) is 1.22. The van der Waals surface area contributed by atoms with Gasteiger partial charge in [0, 0.05) is 13.7 Å². The molecule has 0 aliphatic heterocycles. The van der Waals surface area contributed by atoms with Gasteiger partial charge in [0.05, 0.1) is 0 Å². The normalized spacial score (nSPS) is 22.6. The van der Waals surface area contributed by atoms with Gasteiger partial charge in [-0.25, -0.2) is 0 Å². The molecule has 1 atom stereocenters. The van der Waals surface area contributed by atoms with Crippen LogP contribution in [0, 0.1) is 38.0 Å². The van der Waals surface area contributed by atoms with Crippen LogP contribution in [0.25, 0.3) is 0 Å². The van der Waals surface area contributed by atoms with Crippen molar-refractivity contribution in [2.45, 2.75) is 12.8 Å². The lowest BCUT2D eigenvalue weighted by molar-refractivity contribution is 0.161. The standard InChI is InChI=1S/C10H15O/c1-11-9-10-7-5-3-2-4-6-8-10/h2-5,7,10H,6,8-9H2,1H3. The molecule has 0 heterocycles. The van der Waals surface area contributed by atoms with Crippen molar-refractivity contribution in [2.24, 2.45) is 5.92 Å². The highest BCUT2D eigenvalue weighted by Crippen LogP contribution is 2.19. The van der Waals surface area contributed by atoms with Crippen molar-refractivity contribution in [3.63, 3.8) is 0 Å². The number of rotatable bonds is 2. The maximum Gasteiger partial charge on any atom is 0.0493 e. The smallest absolute Gasteiger partial charge is 0.0493 e. The van der Waals surface area contributed by atoms with Crippen LogP contribution in [0.15, 0.2) is 0 Å². The molecule has 0 bridgehead atoms. The Balaban J connectivity index is 2.15. The summed E-state index contributed by atoms with van der Waals surface area (Å²) < 4.78 is 5.09. The Morgan fingerprint density at radius 3 is 3.09 bits per heavy atom. The second-order valence-electron chi connectivity index (χ2n) is 2.80.